The van der Waals surface area contributed by atoms with Crippen LogP contribution in [-0.4, -0.2) is 73.5 Å². The van der Waals surface area contributed by atoms with Crippen LogP contribution in [0, 0.1) is 17.8 Å². The van der Waals surface area contributed by atoms with Crippen LogP contribution in [0.5, 0.6) is 0 Å². The van der Waals surface area contributed by atoms with Gasteiger partial charge in [-0.2, -0.15) is 0 Å². The predicted octanol–water partition coefficient (Wildman–Crippen LogP) is 1.44. The summed E-state index contributed by atoms with van der Waals surface area (Å²) in [7, 11) is 0. The molecule has 1 saturated heterocycles. The molecule has 21 heavy (non-hydrogen) atoms. The second kappa shape index (κ2) is 7.40. The van der Waals surface area contributed by atoms with Gasteiger partial charge in [-0.1, -0.05) is 13.3 Å². The molecule has 0 amide bonds. The van der Waals surface area contributed by atoms with Crippen LogP contribution in [0.4, 0.5) is 0 Å². The fourth-order valence-corrected chi connectivity index (χ4v) is 4.57. The molecule has 0 radical (unpaired) electrons. The van der Waals surface area contributed by atoms with E-state index in [0.717, 1.165) is 63.6 Å². The Bertz CT molecular complexity index is 318. The average Bonchev–Trinajstić information content (AvgIpc) is 3.11. The Kier molecular flexibility index (Phi) is 5.54. The SMILES string of the molecule is CCN1CCN(C[C@H](O)COC[C@@H]2C[C@H]3CC[C@H]2C3)CC1. The first-order chi connectivity index (χ1) is 10.2. The van der Waals surface area contributed by atoms with E-state index in [1.54, 1.807) is 0 Å². The lowest BCUT2D eigenvalue weighted by Gasteiger charge is -2.35. The maximum atomic E-state index is 10.2. The lowest BCUT2D eigenvalue weighted by atomic mass is 9.90. The van der Waals surface area contributed by atoms with Crippen LogP contribution < -0.4 is 0 Å². The van der Waals surface area contributed by atoms with E-state index >= 15 is 0 Å². The third-order valence-electron chi connectivity index (χ3n) is 5.91. The van der Waals surface area contributed by atoms with Crippen LogP contribution in [0.15, 0.2) is 0 Å². The number of nitrogens with zero attached hydrogens (tertiary/aromatic N) is 2. The van der Waals surface area contributed by atoms with Gasteiger partial charge in [-0.25, -0.2) is 0 Å². The molecule has 4 atom stereocenters. The molecule has 2 saturated carbocycles. The Labute approximate surface area is 129 Å². The highest BCUT2D eigenvalue weighted by atomic mass is 16.5. The topological polar surface area (TPSA) is 35.9 Å². The molecular weight excluding hydrogens is 264 g/mol. The van der Waals surface area contributed by atoms with Gasteiger partial charge < -0.3 is 14.7 Å². The number of rotatable bonds is 7. The van der Waals surface area contributed by atoms with Crippen molar-refractivity contribution in [3.63, 3.8) is 0 Å². The van der Waals surface area contributed by atoms with Crippen LogP contribution >= 0.6 is 0 Å². The molecule has 0 spiro atoms. The summed E-state index contributed by atoms with van der Waals surface area (Å²) in [5, 5.41) is 10.2. The number of β-amino-alcohol motifs (C(OH)–C–C–N with tert-alkyl or cyclic N) is 1. The minimum Gasteiger partial charge on any atom is -0.389 e. The molecule has 1 aliphatic heterocycles. The van der Waals surface area contributed by atoms with Crippen LogP contribution in [0.3, 0.4) is 0 Å². The van der Waals surface area contributed by atoms with Gasteiger partial charge in [0.1, 0.15) is 0 Å². The molecule has 122 valence electrons. The molecule has 0 unspecified atom stereocenters. The van der Waals surface area contributed by atoms with Crippen molar-refractivity contribution in [2.75, 3.05) is 52.5 Å². The van der Waals surface area contributed by atoms with Gasteiger partial charge in [0.15, 0.2) is 0 Å². The first-order valence-corrected chi connectivity index (χ1v) is 8.95. The van der Waals surface area contributed by atoms with Crippen LogP contribution in [0.1, 0.15) is 32.6 Å². The molecule has 2 bridgehead atoms. The molecule has 3 aliphatic rings. The second-order valence-corrected chi connectivity index (χ2v) is 7.36. The smallest absolute Gasteiger partial charge is 0.0900 e. The first-order valence-electron chi connectivity index (χ1n) is 8.95. The standard InChI is InChI=1S/C17H32N2O2/c1-2-18-5-7-19(8-6-18)11-17(20)13-21-12-16-10-14-3-4-15(16)9-14/h14-17,20H,2-13H2,1H3/t14-,15-,16-,17-/m0/s1. The second-order valence-electron chi connectivity index (χ2n) is 7.36. The van der Waals surface area contributed by atoms with Gasteiger partial charge in [0.05, 0.1) is 12.7 Å². The summed E-state index contributed by atoms with van der Waals surface area (Å²) in [5.41, 5.74) is 0. The summed E-state index contributed by atoms with van der Waals surface area (Å²) in [6.45, 7) is 9.95. The van der Waals surface area contributed by atoms with Crippen molar-refractivity contribution in [3.8, 4) is 0 Å². The monoisotopic (exact) mass is 296 g/mol. The minimum atomic E-state index is -0.322. The van der Waals surface area contributed by atoms with Crippen molar-refractivity contribution in [2.24, 2.45) is 17.8 Å². The molecule has 0 aromatic heterocycles. The Balaban J connectivity index is 1.27. The van der Waals surface area contributed by atoms with Crippen LogP contribution in [0.25, 0.3) is 0 Å². The molecule has 1 heterocycles. The van der Waals surface area contributed by atoms with Crippen molar-refractivity contribution >= 4 is 0 Å². The fourth-order valence-electron chi connectivity index (χ4n) is 4.57. The Morgan fingerprint density at radius 3 is 2.48 bits per heavy atom. The third kappa shape index (κ3) is 4.19. The van der Waals surface area contributed by atoms with Crippen molar-refractivity contribution in [1.29, 1.82) is 0 Å². The number of fused-ring (bicyclic) bond motifs is 2. The van der Waals surface area contributed by atoms with Gasteiger partial charge in [-0.15, -0.1) is 0 Å². The third-order valence-corrected chi connectivity index (χ3v) is 5.91. The van der Waals surface area contributed by atoms with E-state index in [2.05, 4.69) is 16.7 Å². The van der Waals surface area contributed by atoms with E-state index in [4.69, 9.17) is 4.74 Å². The van der Waals surface area contributed by atoms with Crippen LogP contribution in [-0.2, 0) is 4.74 Å². The summed E-state index contributed by atoms with van der Waals surface area (Å²) in [6, 6.07) is 0. The highest BCUT2D eigenvalue weighted by Crippen LogP contribution is 2.48. The molecule has 1 N–H and O–H groups in total. The molecule has 4 nitrogen and oxygen atoms in total. The van der Waals surface area contributed by atoms with Gasteiger partial charge >= 0.3 is 0 Å². The maximum absolute atomic E-state index is 10.2. The fraction of sp³-hybridized carbons (Fsp3) is 1.00. The van der Waals surface area contributed by atoms with E-state index in [1.165, 1.54) is 25.7 Å². The molecular formula is C17H32N2O2. The van der Waals surface area contributed by atoms with E-state index < -0.39 is 0 Å². The zero-order valence-electron chi connectivity index (χ0n) is 13.5. The van der Waals surface area contributed by atoms with Gasteiger partial charge in [0, 0.05) is 39.3 Å². The average molecular weight is 296 g/mol. The van der Waals surface area contributed by atoms with Gasteiger partial charge in [-0.3, -0.25) is 4.90 Å². The number of aliphatic hydroxyl groups is 1. The molecule has 3 rings (SSSR count). The summed E-state index contributed by atoms with van der Waals surface area (Å²) < 4.78 is 5.83. The molecule has 0 aromatic rings. The minimum absolute atomic E-state index is 0.322. The van der Waals surface area contributed by atoms with Gasteiger partial charge in [-0.05, 0) is 43.6 Å². The van der Waals surface area contributed by atoms with E-state index in [0.29, 0.717) is 6.61 Å². The van der Waals surface area contributed by atoms with Crippen molar-refractivity contribution in [1.82, 2.24) is 9.80 Å². The lowest BCUT2D eigenvalue weighted by molar-refractivity contribution is -0.00831. The van der Waals surface area contributed by atoms with E-state index in [1.807, 2.05) is 0 Å². The van der Waals surface area contributed by atoms with Gasteiger partial charge in [0.25, 0.3) is 0 Å². The normalized spacial score (nSPS) is 35.4. The summed E-state index contributed by atoms with van der Waals surface area (Å²) >= 11 is 0. The number of piperazine rings is 1. The van der Waals surface area contributed by atoms with Gasteiger partial charge in [0.2, 0.25) is 0 Å². The predicted molar refractivity (Wildman–Crippen MR) is 84.3 cm³/mol. The molecule has 3 fully saturated rings. The van der Waals surface area contributed by atoms with E-state index in [-0.39, 0.29) is 6.10 Å². The molecule has 2 aliphatic carbocycles. The number of aliphatic hydroxyl groups excluding tert-OH is 1. The molecule has 4 heteroatoms. The highest BCUT2D eigenvalue weighted by molar-refractivity contribution is 4.89. The summed E-state index contributed by atoms with van der Waals surface area (Å²) in [5.74, 6) is 2.70. The largest absolute Gasteiger partial charge is 0.389 e. The van der Waals surface area contributed by atoms with Crippen LogP contribution in [0.2, 0.25) is 0 Å². The summed E-state index contributed by atoms with van der Waals surface area (Å²) in [6.07, 6.45) is 5.37. The van der Waals surface area contributed by atoms with Crippen molar-refractivity contribution < 1.29 is 9.84 Å². The Morgan fingerprint density at radius 2 is 1.86 bits per heavy atom. The lowest BCUT2D eigenvalue weighted by Crippen LogP contribution is -2.48. The quantitative estimate of drug-likeness (QED) is 0.771. The summed E-state index contributed by atoms with van der Waals surface area (Å²) in [4.78, 5) is 4.84. The first kappa shape index (κ1) is 15.7. The Hall–Kier alpha value is -0.160. The van der Waals surface area contributed by atoms with Crippen molar-refractivity contribution in [3.05, 3.63) is 0 Å². The maximum Gasteiger partial charge on any atom is 0.0900 e. The number of hydrogen-bond donors (Lipinski definition) is 1. The zero-order valence-corrected chi connectivity index (χ0v) is 13.5. The molecule has 0 aromatic carbocycles. The number of likely N-dealkylation sites (N-methyl/N-ethyl adjacent to an activating group) is 1. The zero-order chi connectivity index (χ0) is 14.7. The Morgan fingerprint density at radius 1 is 1.10 bits per heavy atom. The van der Waals surface area contributed by atoms with E-state index in [9.17, 15) is 5.11 Å². The number of ether oxygens (including phenoxy) is 1. The number of hydrogen-bond acceptors (Lipinski definition) is 4. The van der Waals surface area contributed by atoms with Crippen molar-refractivity contribution in [2.45, 2.75) is 38.7 Å². The highest BCUT2D eigenvalue weighted by Gasteiger charge is 2.39.